The van der Waals surface area contributed by atoms with Crippen LogP contribution >= 0.6 is 27.5 Å². The zero-order chi connectivity index (χ0) is 14.8. The molecule has 0 bridgehead atoms. The summed E-state index contributed by atoms with van der Waals surface area (Å²) in [5.74, 6) is 2.64. The van der Waals surface area contributed by atoms with Crippen LogP contribution in [0.25, 0.3) is 11.0 Å². The Hall–Kier alpha value is -0.540. The van der Waals surface area contributed by atoms with E-state index in [0.29, 0.717) is 11.9 Å². The van der Waals surface area contributed by atoms with Crippen molar-refractivity contribution in [1.82, 2.24) is 9.55 Å². The number of imidazole rings is 1. The van der Waals surface area contributed by atoms with Gasteiger partial charge < -0.3 is 4.57 Å². The molecule has 0 radical (unpaired) electrons. The summed E-state index contributed by atoms with van der Waals surface area (Å²) in [4.78, 5) is 4.84. The van der Waals surface area contributed by atoms with Crippen molar-refractivity contribution in [2.24, 2.45) is 5.92 Å². The van der Waals surface area contributed by atoms with E-state index in [9.17, 15) is 0 Å². The molecule has 0 saturated heterocycles. The van der Waals surface area contributed by atoms with Crippen molar-refractivity contribution in [3.05, 3.63) is 28.5 Å². The molecule has 4 heteroatoms. The molecule has 1 aromatic heterocycles. The molecular weight excluding hydrogens is 348 g/mol. The fourth-order valence-electron chi connectivity index (χ4n) is 3.52. The normalized spacial score (nSPS) is 23.4. The second kappa shape index (κ2) is 6.70. The van der Waals surface area contributed by atoms with E-state index in [1.54, 1.807) is 0 Å². The van der Waals surface area contributed by atoms with Gasteiger partial charge in [0.05, 0.1) is 11.0 Å². The number of benzene rings is 1. The number of alkyl halides is 1. The molecule has 1 heterocycles. The van der Waals surface area contributed by atoms with Gasteiger partial charge in [0, 0.05) is 22.8 Å². The number of halogens is 2. The first-order valence-corrected chi connectivity index (χ1v) is 9.24. The summed E-state index contributed by atoms with van der Waals surface area (Å²) < 4.78 is 3.56. The second-order valence-electron chi connectivity index (χ2n) is 6.24. The van der Waals surface area contributed by atoms with E-state index in [0.717, 1.165) is 28.2 Å². The topological polar surface area (TPSA) is 17.8 Å². The number of hydrogen-bond acceptors (Lipinski definition) is 1. The lowest BCUT2D eigenvalue weighted by atomic mass is 10.0. The maximum atomic E-state index is 6.00. The van der Waals surface area contributed by atoms with Crippen molar-refractivity contribution in [1.29, 1.82) is 0 Å². The molecule has 2 atom stereocenters. The molecule has 0 amide bonds. The molecular formula is C17H22BrClN2. The van der Waals surface area contributed by atoms with E-state index in [1.807, 2.05) is 0 Å². The third-order valence-corrected chi connectivity index (χ3v) is 5.32. The van der Waals surface area contributed by atoms with Crippen molar-refractivity contribution in [2.45, 2.75) is 51.5 Å². The van der Waals surface area contributed by atoms with Crippen LogP contribution < -0.4 is 0 Å². The van der Waals surface area contributed by atoms with E-state index < -0.39 is 0 Å². The SMILES string of the molecule is CC1CCCC(n2c(CCCl)nc3cc(Br)ccc32)CC1. The van der Waals surface area contributed by atoms with E-state index >= 15 is 0 Å². The number of nitrogens with zero attached hydrogens (tertiary/aromatic N) is 2. The molecule has 2 unspecified atom stereocenters. The van der Waals surface area contributed by atoms with E-state index in [2.05, 4.69) is 45.6 Å². The Morgan fingerprint density at radius 3 is 2.95 bits per heavy atom. The highest BCUT2D eigenvalue weighted by Crippen LogP contribution is 2.34. The Balaban J connectivity index is 2.03. The Labute approximate surface area is 140 Å². The van der Waals surface area contributed by atoms with Crippen molar-refractivity contribution < 1.29 is 0 Å². The summed E-state index contributed by atoms with van der Waals surface area (Å²) in [5, 5.41) is 0. The monoisotopic (exact) mass is 368 g/mol. The molecule has 1 aliphatic rings. The van der Waals surface area contributed by atoms with Crippen LogP contribution in [0.3, 0.4) is 0 Å². The third kappa shape index (κ3) is 3.29. The molecule has 2 nitrogen and oxygen atoms in total. The molecule has 114 valence electrons. The number of fused-ring (bicyclic) bond motifs is 1. The van der Waals surface area contributed by atoms with Crippen molar-refractivity contribution in [3.63, 3.8) is 0 Å². The highest BCUT2D eigenvalue weighted by Gasteiger charge is 2.22. The number of rotatable bonds is 3. The van der Waals surface area contributed by atoms with E-state index in [4.69, 9.17) is 16.6 Å². The smallest absolute Gasteiger partial charge is 0.111 e. The van der Waals surface area contributed by atoms with Gasteiger partial charge in [0.15, 0.2) is 0 Å². The molecule has 0 spiro atoms. The summed E-state index contributed by atoms with van der Waals surface area (Å²) in [5.41, 5.74) is 2.35. The standard InChI is InChI=1S/C17H22BrClN2/c1-12-3-2-4-14(7-5-12)21-16-8-6-13(18)11-15(16)20-17(21)9-10-19/h6,8,11-12,14H,2-5,7,9-10H2,1H3. The van der Waals surface area contributed by atoms with Crippen LogP contribution in [-0.4, -0.2) is 15.4 Å². The predicted octanol–water partition coefficient (Wildman–Crippen LogP) is 5.72. The molecule has 0 aliphatic heterocycles. The summed E-state index contributed by atoms with van der Waals surface area (Å²) in [6.45, 7) is 2.38. The summed E-state index contributed by atoms with van der Waals surface area (Å²) >= 11 is 9.54. The van der Waals surface area contributed by atoms with Gasteiger partial charge >= 0.3 is 0 Å². The van der Waals surface area contributed by atoms with E-state index in [1.165, 1.54) is 37.6 Å². The minimum atomic E-state index is 0.583. The lowest BCUT2D eigenvalue weighted by molar-refractivity contribution is 0.431. The molecule has 0 N–H and O–H groups in total. The maximum Gasteiger partial charge on any atom is 0.111 e. The van der Waals surface area contributed by atoms with Gasteiger partial charge in [-0.05, 0) is 43.4 Å². The van der Waals surface area contributed by atoms with Crippen LogP contribution in [0.2, 0.25) is 0 Å². The van der Waals surface area contributed by atoms with Crippen LogP contribution in [0, 0.1) is 5.92 Å². The summed E-state index contributed by atoms with van der Waals surface area (Å²) in [6.07, 6.45) is 7.38. The first-order valence-electron chi connectivity index (χ1n) is 7.91. The highest BCUT2D eigenvalue weighted by molar-refractivity contribution is 9.10. The van der Waals surface area contributed by atoms with Gasteiger partial charge in [-0.25, -0.2) is 4.98 Å². The van der Waals surface area contributed by atoms with Crippen LogP contribution in [0.15, 0.2) is 22.7 Å². The molecule has 1 fully saturated rings. The van der Waals surface area contributed by atoms with Crippen LogP contribution in [0.1, 0.15) is 50.9 Å². The van der Waals surface area contributed by atoms with Crippen molar-refractivity contribution in [2.75, 3.05) is 5.88 Å². The number of aromatic nitrogens is 2. The first-order chi connectivity index (χ1) is 10.2. The number of hydrogen-bond donors (Lipinski definition) is 0. The Kier molecular flexibility index (Phi) is 4.90. The van der Waals surface area contributed by atoms with Gasteiger partial charge in [-0.2, -0.15) is 0 Å². The summed E-state index contributed by atoms with van der Waals surface area (Å²) in [6, 6.07) is 7.01. The third-order valence-electron chi connectivity index (χ3n) is 4.63. The quantitative estimate of drug-likeness (QED) is 0.499. The molecule has 1 aromatic carbocycles. The summed E-state index contributed by atoms with van der Waals surface area (Å²) in [7, 11) is 0. The zero-order valence-corrected chi connectivity index (χ0v) is 14.8. The fourth-order valence-corrected chi connectivity index (χ4v) is 4.03. The Morgan fingerprint density at radius 2 is 2.14 bits per heavy atom. The lowest BCUT2D eigenvalue weighted by Gasteiger charge is -2.20. The van der Waals surface area contributed by atoms with Gasteiger partial charge in [0.2, 0.25) is 0 Å². The Morgan fingerprint density at radius 1 is 1.29 bits per heavy atom. The molecule has 2 aromatic rings. The predicted molar refractivity (Wildman–Crippen MR) is 93.1 cm³/mol. The van der Waals surface area contributed by atoms with Crippen LogP contribution in [0.5, 0.6) is 0 Å². The van der Waals surface area contributed by atoms with Gasteiger partial charge in [-0.15, -0.1) is 11.6 Å². The van der Waals surface area contributed by atoms with Gasteiger partial charge in [-0.3, -0.25) is 0 Å². The van der Waals surface area contributed by atoms with Crippen LogP contribution in [-0.2, 0) is 6.42 Å². The van der Waals surface area contributed by atoms with Crippen molar-refractivity contribution in [3.8, 4) is 0 Å². The Bertz CT molecular complexity index is 623. The van der Waals surface area contributed by atoms with E-state index in [-0.39, 0.29) is 0 Å². The zero-order valence-electron chi connectivity index (χ0n) is 12.5. The highest BCUT2D eigenvalue weighted by atomic mass is 79.9. The average molecular weight is 370 g/mol. The van der Waals surface area contributed by atoms with Crippen LogP contribution in [0.4, 0.5) is 0 Å². The fraction of sp³-hybridized carbons (Fsp3) is 0.588. The molecule has 21 heavy (non-hydrogen) atoms. The largest absolute Gasteiger partial charge is 0.325 e. The number of aryl methyl sites for hydroxylation is 1. The average Bonchev–Trinajstić information content (AvgIpc) is 2.65. The minimum absolute atomic E-state index is 0.583. The maximum absolute atomic E-state index is 6.00. The molecule has 1 saturated carbocycles. The van der Waals surface area contributed by atoms with Gasteiger partial charge in [0.1, 0.15) is 5.82 Å². The molecule has 1 aliphatic carbocycles. The van der Waals surface area contributed by atoms with Gasteiger partial charge in [0.25, 0.3) is 0 Å². The lowest BCUT2D eigenvalue weighted by Crippen LogP contribution is -2.12. The second-order valence-corrected chi connectivity index (χ2v) is 7.53. The molecule has 3 rings (SSSR count). The van der Waals surface area contributed by atoms with Crippen molar-refractivity contribution >= 4 is 38.6 Å². The minimum Gasteiger partial charge on any atom is -0.325 e. The van der Waals surface area contributed by atoms with Gasteiger partial charge in [-0.1, -0.05) is 35.7 Å². The first kappa shape index (κ1) is 15.4.